The minimum Gasteiger partial charge on any atom is -0.493 e. The Hall–Kier alpha value is -3.68. The Labute approximate surface area is 272 Å². The van der Waals surface area contributed by atoms with Gasteiger partial charge in [-0.05, 0) is 54.0 Å². The van der Waals surface area contributed by atoms with E-state index in [1.807, 2.05) is 44.2 Å². The van der Waals surface area contributed by atoms with Gasteiger partial charge in [0.1, 0.15) is 18.3 Å². The van der Waals surface area contributed by atoms with Crippen LogP contribution in [-0.4, -0.2) is 86.8 Å². The highest BCUT2D eigenvalue weighted by Crippen LogP contribution is 2.29. The molecule has 3 atom stereocenters. The van der Waals surface area contributed by atoms with E-state index in [4.69, 9.17) is 9.47 Å². The molecule has 0 spiro atoms. The Morgan fingerprint density at radius 3 is 2.37 bits per heavy atom. The molecule has 0 aromatic heterocycles. The normalized spacial score (nSPS) is 15.0. The van der Waals surface area contributed by atoms with Crippen molar-refractivity contribution in [1.82, 2.24) is 20.3 Å². The van der Waals surface area contributed by atoms with Gasteiger partial charge in [0.2, 0.25) is 21.8 Å². The zero-order valence-corrected chi connectivity index (χ0v) is 28.4. The molecule has 2 aromatic rings. The number of fused-ring (bicyclic) bond motifs is 1. The molecular weight excluding hydrogens is 612 g/mol. The number of carbonyl (C=O) groups excluding carboxylic acids is 3. The lowest BCUT2D eigenvalue weighted by molar-refractivity contribution is -0.132. The van der Waals surface area contributed by atoms with E-state index in [0.29, 0.717) is 18.8 Å². The van der Waals surface area contributed by atoms with E-state index in [2.05, 4.69) is 16.0 Å². The second-order valence-electron chi connectivity index (χ2n) is 12.9. The third-order valence-corrected chi connectivity index (χ3v) is 9.28. The van der Waals surface area contributed by atoms with Gasteiger partial charge in [-0.3, -0.25) is 9.59 Å². The van der Waals surface area contributed by atoms with Gasteiger partial charge in [-0.25, -0.2) is 13.2 Å². The molecule has 13 heteroatoms. The van der Waals surface area contributed by atoms with Crippen LogP contribution in [0, 0.1) is 11.3 Å². The molecule has 46 heavy (non-hydrogen) atoms. The van der Waals surface area contributed by atoms with Gasteiger partial charge in [-0.1, -0.05) is 65.0 Å². The van der Waals surface area contributed by atoms with Crippen molar-refractivity contribution < 1.29 is 37.4 Å². The molecule has 3 rings (SSSR count). The summed E-state index contributed by atoms with van der Waals surface area (Å²) in [6, 6.07) is 12.1. The SMILES string of the molecule is CCOC(=O)NCC(=O)NC(C(=O)NC(Cc1ccccc1)C(O)CN(CC(C)C)S(=O)(=O)c1ccc2c(c1)CCO2)C(C)(C)C. The van der Waals surface area contributed by atoms with Crippen molar-refractivity contribution >= 4 is 27.9 Å². The second-order valence-corrected chi connectivity index (χ2v) is 14.8. The predicted molar refractivity (Wildman–Crippen MR) is 174 cm³/mol. The van der Waals surface area contributed by atoms with Gasteiger partial charge in [0, 0.05) is 19.5 Å². The molecule has 0 aliphatic carbocycles. The molecule has 0 fully saturated rings. The number of carbonyl (C=O) groups is 3. The van der Waals surface area contributed by atoms with Crippen molar-refractivity contribution in [3.63, 3.8) is 0 Å². The standard InChI is InChI=1S/C33H48N4O8S/c1-7-44-32(41)34-19-29(39)36-30(33(4,5)6)31(40)35-26(17-23-11-9-8-10-12-23)27(38)21-37(20-22(2)3)46(42,43)25-13-14-28-24(18-25)15-16-45-28/h8-14,18,22,26-27,30,38H,7,15-17,19-21H2,1-6H3,(H,34,41)(H,35,40)(H,36,39). The highest BCUT2D eigenvalue weighted by molar-refractivity contribution is 7.89. The zero-order chi connectivity index (χ0) is 34.1. The number of rotatable bonds is 15. The van der Waals surface area contributed by atoms with E-state index in [-0.39, 0.29) is 36.9 Å². The fourth-order valence-corrected chi connectivity index (χ4v) is 6.80. The van der Waals surface area contributed by atoms with Gasteiger partial charge in [0.05, 0.1) is 30.3 Å². The number of benzene rings is 2. The van der Waals surface area contributed by atoms with E-state index >= 15 is 0 Å². The number of amides is 3. The lowest BCUT2D eigenvalue weighted by atomic mass is 9.85. The van der Waals surface area contributed by atoms with E-state index in [9.17, 15) is 27.9 Å². The lowest BCUT2D eigenvalue weighted by Crippen LogP contribution is -2.59. The molecule has 0 saturated heterocycles. The zero-order valence-electron chi connectivity index (χ0n) is 27.5. The smallest absolute Gasteiger partial charge is 0.407 e. The van der Waals surface area contributed by atoms with Crippen LogP contribution in [0.5, 0.6) is 5.75 Å². The van der Waals surface area contributed by atoms with Crippen molar-refractivity contribution in [3.05, 3.63) is 59.7 Å². The molecule has 0 bridgehead atoms. The van der Waals surface area contributed by atoms with Gasteiger partial charge in [0.25, 0.3) is 0 Å². The summed E-state index contributed by atoms with van der Waals surface area (Å²) < 4.78 is 39.4. The summed E-state index contributed by atoms with van der Waals surface area (Å²) in [5.41, 5.74) is 0.878. The first-order valence-electron chi connectivity index (χ1n) is 15.6. The summed E-state index contributed by atoms with van der Waals surface area (Å²) in [4.78, 5) is 38.2. The quantitative estimate of drug-likeness (QED) is 0.227. The van der Waals surface area contributed by atoms with Crippen molar-refractivity contribution in [1.29, 1.82) is 0 Å². The molecule has 0 radical (unpaired) electrons. The highest BCUT2D eigenvalue weighted by Gasteiger charge is 2.37. The topological polar surface area (TPSA) is 163 Å². The van der Waals surface area contributed by atoms with Gasteiger partial charge >= 0.3 is 6.09 Å². The summed E-state index contributed by atoms with van der Waals surface area (Å²) in [5, 5.41) is 19.5. The number of aliphatic hydroxyl groups excluding tert-OH is 1. The van der Waals surface area contributed by atoms with E-state index in [1.54, 1.807) is 39.8 Å². The third-order valence-electron chi connectivity index (χ3n) is 7.45. The van der Waals surface area contributed by atoms with Crippen molar-refractivity contribution in [2.24, 2.45) is 11.3 Å². The first kappa shape index (κ1) is 36.8. The van der Waals surface area contributed by atoms with Crippen LogP contribution in [0.25, 0.3) is 0 Å². The molecule has 1 aliphatic heterocycles. The molecule has 12 nitrogen and oxygen atoms in total. The number of ether oxygens (including phenoxy) is 2. The van der Waals surface area contributed by atoms with Crippen LogP contribution >= 0.6 is 0 Å². The van der Waals surface area contributed by atoms with Crippen molar-refractivity contribution in [2.45, 2.75) is 77.5 Å². The van der Waals surface area contributed by atoms with Gasteiger partial charge in [0.15, 0.2) is 0 Å². The maximum absolute atomic E-state index is 13.9. The monoisotopic (exact) mass is 660 g/mol. The Morgan fingerprint density at radius 1 is 1.04 bits per heavy atom. The maximum atomic E-state index is 13.9. The maximum Gasteiger partial charge on any atom is 0.407 e. The Morgan fingerprint density at radius 2 is 1.74 bits per heavy atom. The van der Waals surface area contributed by atoms with Gasteiger partial charge in [-0.2, -0.15) is 4.31 Å². The fraction of sp³-hybridized carbons (Fsp3) is 0.545. The molecule has 1 heterocycles. The average molecular weight is 661 g/mol. The van der Waals surface area contributed by atoms with Crippen LogP contribution in [0.1, 0.15) is 52.7 Å². The number of hydrogen-bond donors (Lipinski definition) is 4. The average Bonchev–Trinajstić information content (AvgIpc) is 3.46. The number of alkyl carbamates (subject to hydrolysis) is 1. The summed E-state index contributed by atoms with van der Waals surface area (Å²) >= 11 is 0. The number of hydrogen-bond acceptors (Lipinski definition) is 8. The fourth-order valence-electron chi connectivity index (χ4n) is 5.13. The number of nitrogens with zero attached hydrogens (tertiary/aromatic N) is 1. The van der Waals surface area contributed by atoms with Gasteiger partial charge in [-0.15, -0.1) is 0 Å². The molecule has 4 N–H and O–H groups in total. The van der Waals surface area contributed by atoms with Crippen LogP contribution in [0.4, 0.5) is 4.79 Å². The lowest BCUT2D eigenvalue weighted by Gasteiger charge is -2.34. The Bertz CT molecular complexity index is 1440. The summed E-state index contributed by atoms with van der Waals surface area (Å²) in [6.45, 7) is 10.9. The first-order valence-corrected chi connectivity index (χ1v) is 17.0. The van der Waals surface area contributed by atoms with Crippen molar-refractivity contribution in [2.75, 3.05) is 32.8 Å². The number of aliphatic hydroxyl groups is 1. The molecular formula is C33H48N4O8S. The summed E-state index contributed by atoms with van der Waals surface area (Å²) in [7, 11) is -4.02. The molecule has 2 aromatic carbocycles. The summed E-state index contributed by atoms with van der Waals surface area (Å²) in [5.74, 6) is -0.547. The minimum absolute atomic E-state index is 0.0504. The van der Waals surface area contributed by atoms with Crippen LogP contribution in [-0.2, 0) is 37.2 Å². The first-order chi connectivity index (χ1) is 21.6. The predicted octanol–water partition coefficient (Wildman–Crippen LogP) is 2.63. The molecule has 1 aliphatic rings. The number of nitrogens with one attached hydrogen (secondary N) is 3. The van der Waals surface area contributed by atoms with Crippen LogP contribution in [0.3, 0.4) is 0 Å². The molecule has 3 unspecified atom stereocenters. The second kappa shape index (κ2) is 16.2. The highest BCUT2D eigenvalue weighted by atomic mass is 32.2. The summed E-state index contributed by atoms with van der Waals surface area (Å²) in [6.07, 6.45) is -1.25. The molecule has 3 amide bonds. The van der Waals surface area contributed by atoms with Crippen LogP contribution in [0.2, 0.25) is 0 Å². The number of sulfonamides is 1. The van der Waals surface area contributed by atoms with Crippen LogP contribution < -0.4 is 20.7 Å². The largest absolute Gasteiger partial charge is 0.493 e. The van der Waals surface area contributed by atoms with E-state index < -0.39 is 58.1 Å². The Balaban J connectivity index is 1.86. The van der Waals surface area contributed by atoms with E-state index in [1.165, 1.54) is 10.4 Å². The minimum atomic E-state index is -4.02. The van der Waals surface area contributed by atoms with Crippen molar-refractivity contribution in [3.8, 4) is 5.75 Å². The van der Waals surface area contributed by atoms with Gasteiger partial charge < -0.3 is 30.5 Å². The Kier molecular flexibility index (Phi) is 13.0. The third kappa shape index (κ3) is 10.4. The van der Waals surface area contributed by atoms with Crippen LogP contribution in [0.15, 0.2) is 53.4 Å². The molecule has 0 saturated carbocycles. The van der Waals surface area contributed by atoms with E-state index in [0.717, 1.165) is 11.1 Å². The molecule has 254 valence electrons.